The Morgan fingerprint density at radius 3 is 2.33 bits per heavy atom. The molecule has 54 valence electrons. The quantitative estimate of drug-likeness (QED) is 0.420. The fourth-order valence-electron chi connectivity index (χ4n) is 0.515. The maximum Gasteiger partial charge on any atom is 0.135 e. The lowest BCUT2D eigenvalue weighted by Crippen LogP contribution is -2.26. The Morgan fingerprint density at radius 2 is 2.22 bits per heavy atom. The predicted molar refractivity (Wildman–Crippen MR) is 47.9 cm³/mol. The summed E-state index contributed by atoms with van der Waals surface area (Å²) >= 11 is 2.20. The van der Waals surface area contributed by atoms with Gasteiger partial charge in [0.15, 0.2) is 0 Å². The maximum absolute atomic E-state index is 10.4. The fraction of sp³-hybridized carbons (Fsp3) is 0.857. The lowest BCUT2D eigenvalue weighted by atomic mass is 9.95. The number of aldehydes is 1. The first-order valence-corrected chi connectivity index (χ1v) is 4.27. The Balaban J connectivity index is 3.95. The van der Waals surface area contributed by atoms with Crippen molar-refractivity contribution in [3.05, 3.63) is 0 Å². The van der Waals surface area contributed by atoms with Crippen LogP contribution in [0.1, 0.15) is 27.2 Å². The molecule has 0 aliphatic rings. The van der Waals surface area contributed by atoms with Crippen molar-refractivity contribution in [1.82, 2.24) is 0 Å². The van der Waals surface area contributed by atoms with Crippen LogP contribution in [0.4, 0.5) is 0 Å². The lowest BCUT2D eigenvalue weighted by molar-refractivity contribution is -0.110. The van der Waals surface area contributed by atoms with E-state index in [-0.39, 0.29) is 3.42 Å². The minimum Gasteiger partial charge on any atom is -0.302 e. The second kappa shape index (κ2) is 3.54. The van der Waals surface area contributed by atoms with Crippen molar-refractivity contribution in [1.29, 1.82) is 0 Å². The molecule has 0 N–H and O–H groups in total. The molecular formula is C7H13IO. The van der Waals surface area contributed by atoms with Crippen molar-refractivity contribution in [3.63, 3.8) is 0 Å². The van der Waals surface area contributed by atoms with E-state index in [2.05, 4.69) is 36.4 Å². The van der Waals surface area contributed by atoms with Gasteiger partial charge in [0.2, 0.25) is 0 Å². The van der Waals surface area contributed by atoms with Gasteiger partial charge in [0, 0.05) is 0 Å². The molecule has 0 aromatic carbocycles. The molecule has 2 heteroatoms. The highest BCUT2D eigenvalue weighted by Crippen LogP contribution is 2.27. The van der Waals surface area contributed by atoms with Crippen LogP contribution in [-0.4, -0.2) is 9.71 Å². The zero-order chi connectivity index (χ0) is 7.49. The van der Waals surface area contributed by atoms with Gasteiger partial charge in [-0.05, 0) is 12.8 Å². The largest absolute Gasteiger partial charge is 0.302 e. The molecule has 9 heavy (non-hydrogen) atoms. The molecule has 0 rings (SSSR count). The molecule has 0 aromatic rings. The molecule has 0 aromatic heterocycles. The third-order valence-electron chi connectivity index (χ3n) is 1.81. The minimum absolute atomic E-state index is 0.160. The molecule has 1 nitrogen and oxygen atoms in total. The van der Waals surface area contributed by atoms with Crippen LogP contribution in [0.5, 0.6) is 0 Å². The average molecular weight is 240 g/mol. The van der Waals surface area contributed by atoms with Crippen LogP contribution in [0.2, 0.25) is 0 Å². The summed E-state index contributed by atoms with van der Waals surface area (Å²) in [4.78, 5) is 10.4. The highest BCUT2D eigenvalue weighted by atomic mass is 127. The summed E-state index contributed by atoms with van der Waals surface area (Å²) in [5.41, 5.74) is 0. The van der Waals surface area contributed by atoms with Gasteiger partial charge in [0.05, 0.1) is 3.42 Å². The fourth-order valence-corrected chi connectivity index (χ4v) is 0.956. The summed E-state index contributed by atoms with van der Waals surface area (Å²) in [5, 5.41) is 0. The van der Waals surface area contributed by atoms with Crippen LogP contribution in [0.15, 0.2) is 0 Å². The smallest absolute Gasteiger partial charge is 0.135 e. The third kappa shape index (κ3) is 2.65. The number of halogens is 1. The molecule has 0 saturated heterocycles. The first-order chi connectivity index (χ1) is 4.04. The molecule has 2 unspecified atom stereocenters. The van der Waals surface area contributed by atoms with E-state index in [0.717, 1.165) is 12.7 Å². The lowest BCUT2D eigenvalue weighted by Gasteiger charge is -2.21. The van der Waals surface area contributed by atoms with Gasteiger partial charge in [-0.25, -0.2) is 0 Å². The van der Waals surface area contributed by atoms with Crippen LogP contribution < -0.4 is 0 Å². The van der Waals surface area contributed by atoms with Crippen LogP contribution >= 0.6 is 22.6 Å². The zero-order valence-electron chi connectivity index (χ0n) is 6.15. The van der Waals surface area contributed by atoms with Crippen molar-refractivity contribution < 1.29 is 4.79 Å². The average Bonchev–Trinajstić information content (AvgIpc) is 1.86. The number of carbonyl (C=O) groups is 1. The summed E-state index contributed by atoms with van der Waals surface area (Å²) < 4.78 is -0.160. The van der Waals surface area contributed by atoms with Crippen molar-refractivity contribution in [2.45, 2.75) is 30.6 Å². The number of hydrogen-bond donors (Lipinski definition) is 0. The monoisotopic (exact) mass is 240 g/mol. The van der Waals surface area contributed by atoms with Crippen LogP contribution in [0.3, 0.4) is 0 Å². The Labute approximate surface area is 70.4 Å². The van der Waals surface area contributed by atoms with E-state index in [4.69, 9.17) is 0 Å². The van der Waals surface area contributed by atoms with Gasteiger partial charge >= 0.3 is 0 Å². The molecule has 0 amide bonds. The number of alkyl halides is 1. The summed E-state index contributed by atoms with van der Waals surface area (Å²) in [6, 6.07) is 0. The second-order valence-electron chi connectivity index (χ2n) is 2.58. The maximum atomic E-state index is 10.4. The van der Waals surface area contributed by atoms with Gasteiger partial charge in [-0.15, -0.1) is 0 Å². The van der Waals surface area contributed by atoms with Gasteiger partial charge in [-0.1, -0.05) is 42.9 Å². The first-order valence-electron chi connectivity index (χ1n) is 3.19. The number of carbonyl (C=O) groups excluding carboxylic acids is 1. The van der Waals surface area contributed by atoms with Crippen molar-refractivity contribution >= 4 is 28.9 Å². The van der Waals surface area contributed by atoms with Gasteiger partial charge in [0.1, 0.15) is 6.29 Å². The van der Waals surface area contributed by atoms with Crippen LogP contribution in [-0.2, 0) is 4.79 Å². The molecule has 0 saturated carbocycles. The third-order valence-corrected chi connectivity index (χ3v) is 3.12. The van der Waals surface area contributed by atoms with Crippen LogP contribution in [0.25, 0.3) is 0 Å². The van der Waals surface area contributed by atoms with Crippen LogP contribution in [0, 0.1) is 5.92 Å². The van der Waals surface area contributed by atoms with E-state index in [1.54, 1.807) is 0 Å². The van der Waals surface area contributed by atoms with E-state index in [9.17, 15) is 4.79 Å². The Morgan fingerprint density at radius 1 is 1.78 bits per heavy atom. The SMILES string of the molecule is CCC(C)C(C)(I)C=O. The second-order valence-corrected chi connectivity index (χ2v) is 4.90. The molecule has 0 aliphatic carbocycles. The van der Waals surface area contributed by atoms with E-state index < -0.39 is 0 Å². The molecular weight excluding hydrogens is 227 g/mol. The Kier molecular flexibility index (Phi) is 3.70. The predicted octanol–water partition coefficient (Wildman–Crippen LogP) is 2.43. The molecule has 2 atom stereocenters. The van der Waals surface area contributed by atoms with E-state index >= 15 is 0 Å². The highest BCUT2D eigenvalue weighted by molar-refractivity contribution is 14.1. The topological polar surface area (TPSA) is 17.1 Å². The van der Waals surface area contributed by atoms with Gasteiger partial charge in [-0.2, -0.15) is 0 Å². The molecule has 0 radical (unpaired) electrons. The van der Waals surface area contributed by atoms with E-state index in [1.807, 2.05) is 6.92 Å². The van der Waals surface area contributed by atoms with Crippen molar-refractivity contribution in [3.8, 4) is 0 Å². The van der Waals surface area contributed by atoms with Crippen molar-refractivity contribution in [2.75, 3.05) is 0 Å². The number of rotatable bonds is 3. The summed E-state index contributed by atoms with van der Waals surface area (Å²) in [5.74, 6) is 0.482. The van der Waals surface area contributed by atoms with Gasteiger partial charge in [0.25, 0.3) is 0 Å². The molecule has 0 bridgehead atoms. The molecule has 0 spiro atoms. The van der Waals surface area contributed by atoms with E-state index in [1.165, 1.54) is 0 Å². The standard InChI is InChI=1S/C7H13IO/c1-4-6(2)7(3,8)5-9/h5-6H,4H2,1-3H3. The Bertz CT molecular complexity index is 99.1. The van der Waals surface area contributed by atoms with Gasteiger partial charge < -0.3 is 4.79 Å². The summed E-state index contributed by atoms with van der Waals surface area (Å²) in [6.07, 6.45) is 2.10. The number of hydrogen-bond acceptors (Lipinski definition) is 1. The minimum atomic E-state index is -0.160. The summed E-state index contributed by atoms with van der Waals surface area (Å²) in [6.45, 7) is 6.17. The van der Waals surface area contributed by atoms with E-state index in [0.29, 0.717) is 5.92 Å². The normalized spacial score (nSPS) is 20.4. The molecule has 0 heterocycles. The molecule has 0 aliphatic heterocycles. The highest BCUT2D eigenvalue weighted by Gasteiger charge is 2.25. The van der Waals surface area contributed by atoms with Gasteiger partial charge in [-0.3, -0.25) is 0 Å². The first kappa shape index (κ1) is 9.40. The zero-order valence-corrected chi connectivity index (χ0v) is 8.31. The van der Waals surface area contributed by atoms with Crippen molar-refractivity contribution in [2.24, 2.45) is 5.92 Å². The Hall–Kier alpha value is 0.400. The summed E-state index contributed by atoms with van der Waals surface area (Å²) in [7, 11) is 0. The molecule has 0 fully saturated rings.